The van der Waals surface area contributed by atoms with E-state index in [9.17, 15) is 4.79 Å². The Morgan fingerprint density at radius 3 is 2.61 bits per heavy atom. The fraction of sp³-hybridized carbons (Fsp3) is 0.167. The van der Waals surface area contributed by atoms with Crippen LogP contribution in [0, 0.1) is 13.8 Å². The molecule has 0 atom stereocenters. The topological polar surface area (TPSA) is 39.4 Å². The third-order valence-corrected chi connectivity index (χ3v) is 4.32. The lowest BCUT2D eigenvalue weighted by molar-refractivity contribution is 0.307. The molecule has 0 aliphatic rings. The summed E-state index contributed by atoms with van der Waals surface area (Å²) in [5.41, 5.74) is 2.97. The molecule has 0 N–H and O–H groups in total. The van der Waals surface area contributed by atoms with E-state index in [4.69, 9.17) is 32.4 Å². The van der Waals surface area contributed by atoms with Gasteiger partial charge in [-0.15, -0.1) is 0 Å². The first-order valence-corrected chi connectivity index (χ1v) is 7.82. The van der Waals surface area contributed by atoms with Crippen LogP contribution in [0.15, 0.2) is 45.6 Å². The number of benzene rings is 2. The molecular formula is C18H14Cl2O3. The third kappa shape index (κ3) is 3.21. The second-order valence-corrected chi connectivity index (χ2v) is 6.18. The molecule has 0 radical (unpaired) electrons. The molecule has 0 bridgehead atoms. The van der Waals surface area contributed by atoms with Crippen molar-refractivity contribution < 1.29 is 9.15 Å². The van der Waals surface area contributed by atoms with Crippen molar-refractivity contribution in [3.8, 4) is 5.75 Å². The normalized spacial score (nSPS) is 11.0. The molecule has 0 unspecified atom stereocenters. The molecule has 1 heterocycles. The third-order valence-electron chi connectivity index (χ3n) is 3.79. The van der Waals surface area contributed by atoms with E-state index in [1.807, 2.05) is 26.0 Å². The molecule has 1 aromatic heterocycles. The molecule has 5 heteroatoms. The van der Waals surface area contributed by atoms with Gasteiger partial charge in [-0.3, -0.25) is 0 Å². The number of ether oxygens (including phenoxy) is 1. The van der Waals surface area contributed by atoms with Crippen molar-refractivity contribution in [1.29, 1.82) is 0 Å². The fourth-order valence-electron chi connectivity index (χ4n) is 2.39. The Kier molecular flexibility index (Phi) is 4.33. The molecule has 23 heavy (non-hydrogen) atoms. The Morgan fingerprint density at radius 1 is 1.09 bits per heavy atom. The summed E-state index contributed by atoms with van der Waals surface area (Å²) in [5.74, 6) is 0.515. The smallest absolute Gasteiger partial charge is 0.336 e. The first-order chi connectivity index (χ1) is 11.0. The lowest BCUT2D eigenvalue weighted by Crippen LogP contribution is -2.05. The highest BCUT2D eigenvalue weighted by Crippen LogP contribution is 2.29. The number of aryl methyl sites for hydroxylation is 2. The zero-order valence-electron chi connectivity index (χ0n) is 12.7. The van der Waals surface area contributed by atoms with Crippen LogP contribution in [-0.2, 0) is 6.61 Å². The number of rotatable bonds is 3. The van der Waals surface area contributed by atoms with Gasteiger partial charge in [-0.25, -0.2) is 4.79 Å². The highest BCUT2D eigenvalue weighted by molar-refractivity contribution is 6.35. The largest absolute Gasteiger partial charge is 0.487 e. The lowest BCUT2D eigenvalue weighted by atomic mass is 10.0. The van der Waals surface area contributed by atoms with Gasteiger partial charge >= 0.3 is 5.63 Å². The van der Waals surface area contributed by atoms with Gasteiger partial charge in [0.05, 0.1) is 5.02 Å². The van der Waals surface area contributed by atoms with Crippen LogP contribution in [-0.4, -0.2) is 0 Å². The molecule has 0 spiro atoms. The highest BCUT2D eigenvalue weighted by atomic mass is 35.5. The molecule has 0 fully saturated rings. The summed E-state index contributed by atoms with van der Waals surface area (Å²) in [7, 11) is 0. The van der Waals surface area contributed by atoms with E-state index >= 15 is 0 Å². The number of hydrogen-bond acceptors (Lipinski definition) is 3. The zero-order chi connectivity index (χ0) is 16.6. The molecule has 0 saturated carbocycles. The Morgan fingerprint density at radius 2 is 1.87 bits per heavy atom. The number of halogens is 2. The molecule has 0 aliphatic heterocycles. The Labute approximate surface area is 143 Å². The average molecular weight is 349 g/mol. The minimum absolute atomic E-state index is 0.214. The molecule has 3 aromatic rings. The molecule has 0 aliphatic carbocycles. The van der Waals surface area contributed by atoms with E-state index in [0.717, 1.165) is 22.1 Å². The van der Waals surface area contributed by atoms with Crippen LogP contribution in [0.2, 0.25) is 10.0 Å². The molecule has 0 saturated heterocycles. The predicted octanol–water partition coefficient (Wildman–Crippen LogP) is 5.30. The van der Waals surface area contributed by atoms with Gasteiger partial charge in [0.2, 0.25) is 0 Å². The van der Waals surface area contributed by atoms with E-state index in [2.05, 4.69) is 0 Å². The molecule has 118 valence electrons. The summed E-state index contributed by atoms with van der Waals surface area (Å²) >= 11 is 12.0. The van der Waals surface area contributed by atoms with Crippen molar-refractivity contribution >= 4 is 34.2 Å². The molecule has 0 amide bonds. The molecular weight excluding hydrogens is 335 g/mol. The van der Waals surface area contributed by atoms with Gasteiger partial charge in [0.1, 0.15) is 17.9 Å². The maximum absolute atomic E-state index is 11.8. The van der Waals surface area contributed by atoms with Crippen molar-refractivity contribution in [1.82, 2.24) is 0 Å². The quantitative estimate of drug-likeness (QED) is 0.603. The first kappa shape index (κ1) is 15.9. The summed E-state index contributed by atoms with van der Waals surface area (Å²) < 4.78 is 11.1. The van der Waals surface area contributed by atoms with Crippen LogP contribution in [0.5, 0.6) is 5.75 Å². The van der Waals surface area contributed by atoms with Crippen LogP contribution < -0.4 is 10.4 Å². The van der Waals surface area contributed by atoms with Crippen molar-refractivity contribution in [2.75, 3.05) is 0 Å². The summed E-state index contributed by atoms with van der Waals surface area (Å²) in [5, 5.41) is 1.83. The summed E-state index contributed by atoms with van der Waals surface area (Å²) in [6.45, 7) is 4.12. The van der Waals surface area contributed by atoms with Crippen molar-refractivity contribution in [3.63, 3.8) is 0 Å². The van der Waals surface area contributed by atoms with Gasteiger partial charge in [0.25, 0.3) is 0 Å². The monoisotopic (exact) mass is 348 g/mol. The Hall–Kier alpha value is -1.97. The van der Waals surface area contributed by atoms with Crippen LogP contribution in [0.1, 0.15) is 16.7 Å². The molecule has 3 rings (SSSR count). The van der Waals surface area contributed by atoms with Gasteiger partial charge in [0, 0.05) is 22.0 Å². The summed E-state index contributed by atoms with van der Waals surface area (Å²) in [6, 6.07) is 10.4. The van der Waals surface area contributed by atoms with Crippen LogP contribution in [0.25, 0.3) is 11.0 Å². The minimum atomic E-state index is -0.396. The fourth-order valence-corrected chi connectivity index (χ4v) is 2.85. The molecule has 3 nitrogen and oxygen atoms in total. The summed E-state index contributed by atoms with van der Waals surface area (Å²) in [6.07, 6.45) is 0. The number of fused-ring (bicyclic) bond motifs is 1. The van der Waals surface area contributed by atoms with Crippen LogP contribution in [0.4, 0.5) is 0 Å². The second-order valence-electron chi connectivity index (χ2n) is 5.34. The van der Waals surface area contributed by atoms with Crippen molar-refractivity contribution in [3.05, 3.63) is 73.6 Å². The maximum Gasteiger partial charge on any atom is 0.336 e. The maximum atomic E-state index is 11.8. The Balaban J connectivity index is 2.00. The SMILES string of the molecule is Cc1ccc2c(COc3ccc(Cl)cc3Cl)cc(=O)oc2c1C. The van der Waals surface area contributed by atoms with Gasteiger partial charge in [-0.1, -0.05) is 35.3 Å². The van der Waals surface area contributed by atoms with Crippen molar-refractivity contribution in [2.24, 2.45) is 0 Å². The van der Waals surface area contributed by atoms with E-state index < -0.39 is 5.63 Å². The number of hydrogen-bond donors (Lipinski definition) is 0. The lowest BCUT2D eigenvalue weighted by Gasteiger charge is -2.11. The van der Waals surface area contributed by atoms with Crippen LogP contribution in [0.3, 0.4) is 0 Å². The summed E-state index contributed by atoms with van der Waals surface area (Å²) in [4.78, 5) is 11.8. The van der Waals surface area contributed by atoms with Crippen LogP contribution >= 0.6 is 23.2 Å². The van der Waals surface area contributed by atoms with Gasteiger partial charge < -0.3 is 9.15 Å². The molecule has 2 aromatic carbocycles. The average Bonchev–Trinajstić information content (AvgIpc) is 2.50. The minimum Gasteiger partial charge on any atom is -0.487 e. The highest BCUT2D eigenvalue weighted by Gasteiger charge is 2.11. The van der Waals surface area contributed by atoms with E-state index in [1.54, 1.807) is 18.2 Å². The zero-order valence-corrected chi connectivity index (χ0v) is 14.2. The van der Waals surface area contributed by atoms with Gasteiger partial charge in [-0.05, 0) is 43.2 Å². The second kappa shape index (κ2) is 6.26. The Bertz CT molecular complexity index is 945. The van der Waals surface area contributed by atoms with E-state index in [1.165, 1.54) is 6.07 Å². The van der Waals surface area contributed by atoms with Gasteiger partial charge in [-0.2, -0.15) is 0 Å². The standard InChI is InChI=1S/C18H14Cl2O3/c1-10-3-5-14-12(7-17(21)23-18(14)11(10)2)9-22-16-6-4-13(19)8-15(16)20/h3-8H,9H2,1-2H3. The van der Waals surface area contributed by atoms with Crippen molar-refractivity contribution in [2.45, 2.75) is 20.5 Å². The van der Waals surface area contributed by atoms with E-state index in [-0.39, 0.29) is 6.61 Å². The first-order valence-electron chi connectivity index (χ1n) is 7.06. The predicted molar refractivity (Wildman–Crippen MR) is 92.8 cm³/mol. The van der Waals surface area contributed by atoms with Gasteiger partial charge in [0.15, 0.2) is 0 Å². The van der Waals surface area contributed by atoms with E-state index in [0.29, 0.717) is 21.4 Å².